The van der Waals surface area contributed by atoms with E-state index in [1.807, 2.05) is 0 Å². The number of hydrogen-bond acceptors (Lipinski definition) is 2. The zero-order valence-corrected chi connectivity index (χ0v) is 6.72. The molecule has 0 unspecified atom stereocenters. The van der Waals surface area contributed by atoms with Crippen molar-refractivity contribution in [3.63, 3.8) is 0 Å². The van der Waals surface area contributed by atoms with E-state index in [1.165, 1.54) is 12.1 Å². The third-order valence-corrected chi connectivity index (χ3v) is 1.86. The SMILES string of the molecule is Fc1ccc2cnnc(Cl)c2c1. The maximum absolute atomic E-state index is 12.7. The van der Waals surface area contributed by atoms with E-state index in [4.69, 9.17) is 11.6 Å². The maximum Gasteiger partial charge on any atom is 0.159 e. The van der Waals surface area contributed by atoms with Crippen molar-refractivity contribution in [1.29, 1.82) is 0 Å². The molecule has 60 valence electrons. The van der Waals surface area contributed by atoms with E-state index in [0.717, 1.165) is 5.39 Å². The number of rotatable bonds is 0. The monoisotopic (exact) mass is 182 g/mol. The molecule has 0 aliphatic heterocycles. The molecule has 1 aromatic heterocycles. The van der Waals surface area contributed by atoms with Crippen molar-refractivity contribution in [3.05, 3.63) is 35.4 Å². The van der Waals surface area contributed by atoms with Crippen LogP contribution in [0.3, 0.4) is 0 Å². The van der Waals surface area contributed by atoms with Crippen LogP contribution in [0.4, 0.5) is 4.39 Å². The number of benzene rings is 1. The normalized spacial score (nSPS) is 10.5. The fourth-order valence-electron chi connectivity index (χ4n) is 1.02. The van der Waals surface area contributed by atoms with E-state index in [-0.39, 0.29) is 11.0 Å². The predicted octanol–water partition coefficient (Wildman–Crippen LogP) is 2.42. The van der Waals surface area contributed by atoms with Crippen molar-refractivity contribution in [2.45, 2.75) is 0 Å². The quantitative estimate of drug-likeness (QED) is 0.625. The van der Waals surface area contributed by atoms with Gasteiger partial charge >= 0.3 is 0 Å². The maximum atomic E-state index is 12.7. The average Bonchev–Trinajstić information content (AvgIpc) is 2.07. The minimum Gasteiger partial charge on any atom is -0.207 e. The molecule has 1 heterocycles. The minimum absolute atomic E-state index is 0.229. The predicted molar refractivity (Wildman–Crippen MR) is 44.5 cm³/mol. The summed E-state index contributed by atoms with van der Waals surface area (Å²) < 4.78 is 12.7. The summed E-state index contributed by atoms with van der Waals surface area (Å²) in [5, 5.41) is 8.84. The Morgan fingerprint density at radius 1 is 1.33 bits per heavy atom. The van der Waals surface area contributed by atoms with Crippen LogP contribution in [0.25, 0.3) is 10.8 Å². The highest BCUT2D eigenvalue weighted by Crippen LogP contribution is 2.20. The number of hydrogen-bond donors (Lipinski definition) is 0. The van der Waals surface area contributed by atoms with Crippen molar-refractivity contribution in [2.24, 2.45) is 0 Å². The first-order valence-electron chi connectivity index (χ1n) is 3.34. The second-order valence-corrected chi connectivity index (χ2v) is 2.72. The first kappa shape index (κ1) is 7.43. The van der Waals surface area contributed by atoms with Gasteiger partial charge in [0.05, 0.1) is 6.20 Å². The van der Waals surface area contributed by atoms with Crippen molar-refractivity contribution >= 4 is 22.4 Å². The molecule has 0 bridgehead atoms. The summed E-state index contributed by atoms with van der Waals surface area (Å²) in [4.78, 5) is 0. The molecule has 0 spiro atoms. The van der Waals surface area contributed by atoms with E-state index in [0.29, 0.717) is 5.39 Å². The van der Waals surface area contributed by atoms with Gasteiger partial charge in [-0.3, -0.25) is 0 Å². The summed E-state index contributed by atoms with van der Waals surface area (Å²) in [5.74, 6) is -0.322. The lowest BCUT2D eigenvalue weighted by Crippen LogP contribution is -1.84. The topological polar surface area (TPSA) is 25.8 Å². The van der Waals surface area contributed by atoms with E-state index in [2.05, 4.69) is 10.2 Å². The number of halogens is 2. The van der Waals surface area contributed by atoms with Crippen molar-refractivity contribution < 1.29 is 4.39 Å². The van der Waals surface area contributed by atoms with Crippen molar-refractivity contribution in [3.8, 4) is 0 Å². The first-order chi connectivity index (χ1) is 5.77. The van der Waals surface area contributed by atoms with Gasteiger partial charge in [-0.1, -0.05) is 11.6 Å². The molecule has 0 saturated carbocycles. The van der Waals surface area contributed by atoms with Gasteiger partial charge in [-0.05, 0) is 18.2 Å². The van der Waals surface area contributed by atoms with Crippen LogP contribution in [0, 0.1) is 5.82 Å². The molecule has 2 aromatic rings. The van der Waals surface area contributed by atoms with E-state index in [9.17, 15) is 4.39 Å². The molecule has 0 atom stereocenters. The minimum atomic E-state index is -0.322. The average molecular weight is 183 g/mol. The van der Waals surface area contributed by atoms with Crippen LogP contribution in [-0.4, -0.2) is 10.2 Å². The Morgan fingerprint density at radius 3 is 3.00 bits per heavy atom. The third kappa shape index (κ3) is 1.12. The highest BCUT2D eigenvalue weighted by atomic mass is 35.5. The molecule has 4 heteroatoms. The van der Waals surface area contributed by atoms with Crippen LogP contribution < -0.4 is 0 Å². The van der Waals surface area contributed by atoms with Crippen molar-refractivity contribution in [2.75, 3.05) is 0 Å². The summed E-state index contributed by atoms with van der Waals surface area (Å²) in [6.07, 6.45) is 1.54. The molecule has 1 aromatic carbocycles. The van der Waals surface area contributed by atoms with Gasteiger partial charge in [-0.15, -0.1) is 5.10 Å². The van der Waals surface area contributed by atoms with Gasteiger partial charge in [0.15, 0.2) is 5.15 Å². The molecule has 0 saturated heterocycles. The lowest BCUT2D eigenvalue weighted by Gasteiger charge is -1.96. The summed E-state index contributed by atoms with van der Waals surface area (Å²) >= 11 is 5.69. The first-order valence-corrected chi connectivity index (χ1v) is 3.71. The van der Waals surface area contributed by atoms with E-state index < -0.39 is 0 Å². The molecule has 0 N–H and O–H groups in total. The standard InChI is InChI=1S/C8H4ClFN2/c9-8-7-3-6(10)2-1-5(7)4-11-12-8/h1-4H. The fraction of sp³-hybridized carbons (Fsp3) is 0. The second-order valence-electron chi connectivity index (χ2n) is 2.37. The molecular formula is C8H4ClFN2. The Kier molecular flexibility index (Phi) is 1.66. The van der Waals surface area contributed by atoms with Gasteiger partial charge in [0.25, 0.3) is 0 Å². The van der Waals surface area contributed by atoms with Crippen molar-refractivity contribution in [1.82, 2.24) is 10.2 Å². The fourth-order valence-corrected chi connectivity index (χ4v) is 1.22. The van der Waals surface area contributed by atoms with E-state index >= 15 is 0 Å². The number of fused-ring (bicyclic) bond motifs is 1. The summed E-state index contributed by atoms with van der Waals surface area (Å²) in [6.45, 7) is 0. The van der Waals surface area contributed by atoms with Crippen LogP contribution in [0.1, 0.15) is 0 Å². The highest BCUT2D eigenvalue weighted by Gasteiger charge is 2.00. The Hall–Kier alpha value is -1.22. The van der Waals surface area contributed by atoms with Crippen LogP contribution in [0.5, 0.6) is 0 Å². The number of nitrogens with zero attached hydrogens (tertiary/aromatic N) is 2. The van der Waals surface area contributed by atoms with Gasteiger partial charge in [-0.25, -0.2) is 4.39 Å². The Morgan fingerprint density at radius 2 is 2.17 bits per heavy atom. The van der Waals surface area contributed by atoms with Crippen LogP contribution in [0.2, 0.25) is 5.15 Å². The summed E-state index contributed by atoms with van der Waals surface area (Å²) in [5.41, 5.74) is 0. The molecule has 0 aliphatic rings. The second kappa shape index (κ2) is 2.68. The van der Waals surface area contributed by atoms with E-state index in [1.54, 1.807) is 12.3 Å². The van der Waals surface area contributed by atoms with Gasteiger partial charge in [0.2, 0.25) is 0 Å². The summed E-state index contributed by atoms with van der Waals surface area (Å²) in [6, 6.07) is 4.32. The lowest BCUT2D eigenvalue weighted by atomic mass is 10.2. The molecule has 0 amide bonds. The van der Waals surface area contributed by atoms with Crippen LogP contribution in [0.15, 0.2) is 24.4 Å². The molecule has 2 nitrogen and oxygen atoms in total. The Labute approximate surface area is 73.0 Å². The van der Waals surface area contributed by atoms with Crippen LogP contribution in [-0.2, 0) is 0 Å². The molecule has 0 aliphatic carbocycles. The third-order valence-electron chi connectivity index (χ3n) is 1.58. The smallest absolute Gasteiger partial charge is 0.159 e. The lowest BCUT2D eigenvalue weighted by molar-refractivity contribution is 0.629. The highest BCUT2D eigenvalue weighted by molar-refractivity contribution is 6.34. The zero-order valence-electron chi connectivity index (χ0n) is 5.96. The summed E-state index contributed by atoms with van der Waals surface area (Å²) in [7, 11) is 0. The molecule has 12 heavy (non-hydrogen) atoms. The Balaban J connectivity index is 2.88. The molecule has 0 radical (unpaired) electrons. The van der Waals surface area contributed by atoms with Gasteiger partial charge < -0.3 is 0 Å². The number of aromatic nitrogens is 2. The Bertz CT molecular complexity index is 430. The zero-order chi connectivity index (χ0) is 8.55. The van der Waals surface area contributed by atoms with Gasteiger partial charge in [0, 0.05) is 10.8 Å². The molecular weight excluding hydrogens is 179 g/mol. The van der Waals surface area contributed by atoms with Gasteiger partial charge in [0.1, 0.15) is 5.82 Å². The molecule has 2 rings (SSSR count). The van der Waals surface area contributed by atoms with Gasteiger partial charge in [-0.2, -0.15) is 5.10 Å². The largest absolute Gasteiger partial charge is 0.207 e. The molecule has 0 fully saturated rings. The van der Waals surface area contributed by atoms with Crippen LogP contribution >= 0.6 is 11.6 Å².